The number of pyridine rings is 2. The van der Waals surface area contributed by atoms with E-state index in [-0.39, 0.29) is 0 Å². The topological polar surface area (TPSA) is 7.76 Å². The number of aryl methyl sites for hydroxylation is 3. The van der Waals surface area contributed by atoms with Crippen LogP contribution >= 0.6 is 0 Å². The van der Waals surface area contributed by atoms with E-state index in [1.165, 1.54) is 11.1 Å². The number of rotatable bonds is 6. The number of aromatic nitrogens is 2. The van der Waals surface area contributed by atoms with Crippen molar-refractivity contribution in [3.8, 4) is 0 Å². The van der Waals surface area contributed by atoms with Crippen molar-refractivity contribution in [1.29, 1.82) is 0 Å². The van der Waals surface area contributed by atoms with Crippen molar-refractivity contribution in [2.24, 2.45) is 7.05 Å². The summed E-state index contributed by atoms with van der Waals surface area (Å²) in [4.78, 5) is 0. The third kappa shape index (κ3) is 4.51. The fourth-order valence-corrected chi connectivity index (χ4v) is 2.04. The van der Waals surface area contributed by atoms with Gasteiger partial charge < -0.3 is 0 Å². The molecule has 97 valence electrons. The molecule has 2 heterocycles. The van der Waals surface area contributed by atoms with Crippen LogP contribution in [0.2, 0.25) is 6.32 Å². The summed E-state index contributed by atoms with van der Waals surface area (Å²) in [5.41, 5.74) is 2.80. The molecular formula is C16H22BN2+2. The van der Waals surface area contributed by atoms with Crippen molar-refractivity contribution in [3.63, 3.8) is 0 Å². The zero-order chi connectivity index (χ0) is 13.5. The van der Waals surface area contributed by atoms with Crippen molar-refractivity contribution in [1.82, 2.24) is 0 Å². The van der Waals surface area contributed by atoms with E-state index in [0.29, 0.717) is 0 Å². The lowest BCUT2D eigenvalue weighted by molar-refractivity contribution is -0.679. The lowest BCUT2D eigenvalue weighted by atomic mass is 9.75. The van der Waals surface area contributed by atoms with Gasteiger partial charge in [-0.15, -0.1) is 0 Å². The zero-order valence-electron chi connectivity index (χ0n) is 11.9. The molecule has 3 heteroatoms. The second kappa shape index (κ2) is 7.08. The molecule has 0 aromatic carbocycles. The van der Waals surface area contributed by atoms with E-state index in [0.717, 1.165) is 25.6 Å². The van der Waals surface area contributed by atoms with Crippen LogP contribution in [-0.2, 0) is 26.3 Å². The third-order valence-corrected chi connectivity index (χ3v) is 3.34. The summed E-state index contributed by atoms with van der Waals surface area (Å²) in [5.74, 6) is 0. The van der Waals surface area contributed by atoms with Crippen LogP contribution in [0.1, 0.15) is 18.1 Å². The number of hydrogen-bond acceptors (Lipinski definition) is 0. The van der Waals surface area contributed by atoms with Crippen molar-refractivity contribution < 1.29 is 9.13 Å². The molecule has 0 aliphatic rings. The summed E-state index contributed by atoms with van der Waals surface area (Å²) in [7, 11) is 4.33. The van der Waals surface area contributed by atoms with Gasteiger partial charge in [0.2, 0.25) is 7.28 Å². The predicted molar refractivity (Wildman–Crippen MR) is 77.9 cm³/mol. The Hall–Kier alpha value is -1.64. The molecule has 0 saturated carbocycles. The van der Waals surface area contributed by atoms with Crippen LogP contribution < -0.4 is 9.13 Å². The van der Waals surface area contributed by atoms with E-state index in [1.807, 2.05) is 7.05 Å². The first-order valence-electron chi connectivity index (χ1n) is 7.01. The molecule has 0 N–H and O–H groups in total. The molecule has 0 unspecified atom stereocenters. The molecule has 0 aliphatic carbocycles. The van der Waals surface area contributed by atoms with Crippen LogP contribution in [-0.4, -0.2) is 7.28 Å². The van der Waals surface area contributed by atoms with Crippen LogP contribution in [0.5, 0.6) is 0 Å². The molecular weight excluding hydrogens is 231 g/mol. The smallest absolute Gasteiger partial charge is 0.200 e. The van der Waals surface area contributed by atoms with Crippen LogP contribution in [0.3, 0.4) is 0 Å². The van der Waals surface area contributed by atoms with Gasteiger partial charge in [0.25, 0.3) is 0 Å². The summed E-state index contributed by atoms with van der Waals surface area (Å²) in [6.45, 7) is 2.18. The maximum Gasteiger partial charge on any atom is 0.200 e. The molecule has 2 nitrogen and oxygen atoms in total. The lowest BCUT2D eigenvalue weighted by Crippen LogP contribution is -2.35. The van der Waals surface area contributed by atoms with E-state index in [2.05, 4.69) is 72.4 Å². The summed E-state index contributed by atoms with van der Waals surface area (Å²) in [5, 5.41) is 0. The average molecular weight is 253 g/mol. The molecule has 0 aliphatic heterocycles. The molecule has 2 aromatic rings. The Bertz CT molecular complexity index is 491. The van der Waals surface area contributed by atoms with Gasteiger partial charge in [0.1, 0.15) is 13.5 Å². The summed E-state index contributed by atoms with van der Waals surface area (Å²) in [6, 6.07) is 8.84. The summed E-state index contributed by atoms with van der Waals surface area (Å²) < 4.78 is 4.29. The zero-order valence-corrected chi connectivity index (χ0v) is 11.9. The summed E-state index contributed by atoms with van der Waals surface area (Å²) in [6.07, 6.45) is 12.9. The minimum atomic E-state index is 1.01. The second-order valence-corrected chi connectivity index (χ2v) is 4.97. The van der Waals surface area contributed by atoms with E-state index >= 15 is 0 Å². The van der Waals surface area contributed by atoms with E-state index in [4.69, 9.17) is 0 Å². The molecule has 0 amide bonds. The van der Waals surface area contributed by atoms with Crippen molar-refractivity contribution >= 4 is 7.28 Å². The minimum Gasteiger partial charge on any atom is -0.214 e. The predicted octanol–water partition coefficient (Wildman–Crippen LogP) is 1.68. The maximum atomic E-state index is 2.28. The highest BCUT2D eigenvalue weighted by Gasteiger charge is 2.02. The average Bonchev–Trinajstić information content (AvgIpc) is 2.46. The molecule has 0 atom stereocenters. The maximum absolute atomic E-state index is 2.28. The Kier molecular flexibility index (Phi) is 5.14. The van der Waals surface area contributed by atoms with Gasteiger partial charge in [-0.05, 0) is 24.0 Å². The lowest BCUT2D eigenvalue weighted by Gasteiger charge is -2.01. The van der Waals surface area contributed by atoms with Gasteiger partial charge in [-0.2, -0.15) is 0 Å². The van der Waals surface area contributed by atoms with E-state index < -0.39 is 0 Å². The standard InChI is InChI=1S/C16H22BN2/c1-3-17-14-19-12-8-16(9-13-19)5-4-15-6-10-18(2)11-7-15/h6-13H,3-5,14H2,1-2H3/q+2. The first-order chi connectivity index (χ1) is 9.28. The monoisotopic (exact) mass is 253 g/mol. The van der Waals surface area contributed by atoms with E-state index in [9.17, 15) is 0 Å². The molecule has 19 heavy (non-hydrogen) atoms. The number of nitrogens with zero attached hydrogens (tertiary/aromatic N) is 2. The third-order valence-electron chi connectivity index (χ3n) is 3.34. The van der Waals surface area contributed by atoms with E-state index in [1.54, 1.807) is 0 Å². The first kappa shape index (κ1) is 13.8. The Morgan fingerprint density at radius 3 is 1.95 bits per heavy atom. The SMILES string of the molecule is CC[B]C[n+]1ccc(CCc2cc[n+](C)cc2)cc1. The fraction of sp³-hybridized carbons (Fsp3) is 0.375. The van der Waals surface area contributed by atoms with Crippen molar-refractivity contribution in [2.45, 2.75) is 32.5 Å². The largest absolute Gasteiger partial charge is 0.214 e. The Balaban J connectivity index is 1.87. The second-order valence-electron chi connectivity index (χ2n) is 4.97. The van der Waals surface area contributed by atoms with Crippen molar-refractivity contribution in [2.75, 3.05) is 0 Å². The quantitative estimate of drug-likeness (QED) is 0.546. The summed E-state index contributed by atoms with van der Waals surface area (Å²) >= 11 is 0. The van der Waals surface area contributed by atoms with Gasteiger partial charge in [0.15, 0.2) is 24.8 Å². The van der Waals surface area contributed by atoms with Crippen LogP contribution in [0.15, 0.2) is 49.1 Å². The number of hydrogen-bond donors (Lipinski definition) is 0. The Morgan fingerprint density at radius 1 is 0.895 bits per heavy atom. The molecule has 0 fully saturated rings. The molecule has 1 radical (unpaired) electrons. The molecule has 0 saturated heterocycles. The molecule has 2 rings (SSSR count). The van der Waals surface area contributed by atoms with Gasteiger partial charge in [-0.3, -0.25) is 0 Å². The van der Waals surface area contributed by atoms with Gasteiger partial charge in [0, 0.05) is 24.3 Å². The Labute approximate surface area is 117 Å². The van der Waals surface area contributed by atoms with Gasteiger partial charge in [-0.25, -0.2) is 9.13 Å². The molecule has 2 aromatic heterocycles. The normalized spacial score (nSPS) is 10.4. The highest BCUT2D eigenvalue weighted by molar-refractivity contribution is 6.32. The van der Waals surface area contributed by atoms with Crippen LogP contribution in [0.4, 0.5) is 0 Å². The minimum absolute atomic E-state index is 1.01. The molecule has 0 spiro atoms. The van der Waals surface area contributed by atoms with Gasteiger partial charge >= 0.3 is 0 Å². The Morgan fingerprint density at radius 2 is 1.42 bits per heavy atom. The van der Waals surface area contributed by atoms with Crippen LogP contribution in [0.25, 0.3) is 0 Å². The highest BCUT2D eigenvalue weighted by Crippen LogP contribution is 2.04. The van der Waals surface area contributed by atoms with Crippen molar-refractivity contribution in [3.05, 3.63) is 60.2 Å². The fourth-order valence-electron chi connectivity index (χ4n) is 2.04. The van der Waals surface area contributed by atoms with Crippen LogP contribution in [0, 0.1) is 0 Å². The molecule has 0 bridgehead atoms. The van der Waals surface area contributed by atoms with Gasteiger partial charge in [0.05, 0.1) is 0 Å². The first-order valence-corrected chi connectivity index (χ1v) is 7.01. The van der Waals surface area contributed by atoms with Gasteiger partial charge in [-0.1, -0.05) is 13.2 Å². The highest BCUT2D eigenvalue weighted by atomic mass is 14.9.